The fourth-order valence-electron chi connectivity index (χ4n) is 4.39. The smallest absolute Gasteiger partial charge is 0.205 e. The maximum atomic E-state index is 5.55. The molecule has 0 saturated carbocycles. The van der Waals surface area contributed by atoms with Gasteiger partial charge in [0.2, 0.25) is 5.95 Å². The van der Waals surface area contributed by atoms with Crippen molar-refractivity contribution in [3.63, 3.8) is 0 Å². The van der Waals surface area contributed by atoms with Crippen molar-refractivity contribution < 1.29 is 4.74 Å². The van der Waals surface area contributed by atoms with Gasteiger partial charge in [0.15, 0.2) is 5.82 Å². The van der Waals surface area contributed by atoms with E-state index in [1.807, 2.05) is 56.0 Å². The van der Waals surface area contributed by atoms with Crippen LogP contribution < -0.4 is 9.64 Å². The minimum Gasteiger partial charge on any atom is -0.496 e. The maximum absolute atomic E-state index is 5.55. The molecule has 0 atom stereocenters. The van der Waals surface area contributed by atoms with E-state index >= 15 is 0 Å². The van der Waals surface area contributed by atoms with Crippen LogP contribution in [0.2, 0.25) is 0 Å². The second-order valence-electron chi connectivity index (χ2n) is 8.57. The molecule has 5 aromatic rings. The van der Waals surface area contributed by atoms with E-state index in [9.17, 15) is 0 Å². The molecule has 9 nitrogen and oxygen atoms in total. The molecule has 0 fully saturated rings. The van der Waals surface area contributed by atoms with Crippen LogP contribution in [-0.2, 0) is 13.5 Å². The quantitative estimate of drug-likeness (QED) is 0.380. The van der Waals surface area contributed by atoms with Gasteiger partial charge in [-0.1, -0.05) is 13.3 Å². The second kappa shape index (κ2) is 8.40. The number of ether oxygens (including phenoxy) is 1. The number of pyridine rings is 3. The van der Waals surface area contributed by atoms with Crippen molar-refractivity contribution in [2.75, 3.05) is 26.1 Å². The number of hydrogen-bond acceptors (Lipinski definition) is 7. The first kappa shape index (κ1) is 21.8. The summed E-state index contributed by atoms with van der Waals surface area (Å²) in [5.41, 5.74) is 6.37. The summed E-state index contributed by atoms with van der Waals surface area (Å²) in [6.07, 6.45) is 7.15. The van der Waals surface area contributed by atoms with Crippen molar-refractivity contribution >= 4 is 27.9 Å². The van der Waals surface area contributed by atoms with E-state index in [0.717, 1.165) is 74.9 Å². The van der Waals surface area contributed by atoms with Gasteiger partial charge in [0.25, 0.3) is 0 Å². The van der Waals surface area contributed by atoms with Crippen LogP contribution in [0.15, 0.2) is 36.8 Å². The second-order valence-corrected chi connectivity index (χ2v) is 8.57. The Morgan fingerprint density at radius 1 is 1.06 bits per heavy atom. The van der Waals surface area contributed by atoms with Crippen molar-refractivity contribution in [1.29, 1.82) is 0 Å². The number of imidazole rings is 1. The Morgan fingerprint density at radius 3 is 2.62 bits per heavy atom. The largest absolute Gasteiger partial charge is 0.496 e. The normalized spacial score (nSPS) is 11.5. The monoisotopic (exact) mass is 456 g/mol. The lowest BCUT2D eigenvalue weighted by atomic mass is 10.1. The summed E-state index contributed by atoms with van der Waals surface area (Å²) in [7, 11) is 7.69. The molecule has 0 saturated heterocycles. The number of hydrogen-bond donors (Lipinski definition) is 0. The van der Waals surface area contributed by atoms with Gasteiger partial charge < -0.3 is 14.2 Å². The predicted octanol–water partition coefficient (Wildman–Crippen LogP) is 4.10. The Labute approximate surface area is 198 Å². The first-order chi connectivity index (χ1) is 16.4. The van der Waals surface area contributed by atoms with Crippen molar-refractivity contribution in [3.8, 4) is 22.8 Å². The van der Waals surface area contributed by atoms with E-state index in [-0.39, 0.29) is 0 Å². The Morgan fingerprint density at radius 2 is 1.88 bits per heavy atom. The van der Waals surface area contributed by atoms with Gasteiger partial charge in [0, 0.05) is 50.7 Å². The van der Waals surface area contributed by atoms with Crippen LogP contribution in [-0.4, -0.2) is 55.5 Å². The van der Waals surface area contributed by atoms with Crippen LogP contribution in [0.5, 0.6) is 5.75 Å². The molecular formula is C25H28N8O. The summed E-state index contributed by atoms with van der Waals surface area (Å²) < 4.78 is 9.53. The van der Waals surface area contributed by atoms with Crippen LogP contribution in [0.25, 0.3) is 39.0 Å². The molecule has 0 aliphatic rings. The van der Waals surface area contributed by atoms with Crippen LogP contribution in [0.3, 0.4) is 0 Å². The van der Waals surface area contributed by atoms with E-state index in [1.54, 1.807) is 19.5 Å². The zero-order valence-corrected chi connectivity index (χ0v) is 20.4. The van der Waals surface area contributed by atoms with E-state index in [2.05, 4.69) is 22.5 Å². The maximum Gasteiger partial charge on any atom is 0.205 e. The van der Waals surface area contributed by atoms with Crippen molar-refractivity contribution in [3.05, 3.63) is 48.2 Å². The summed E-state index contributed by atoms with van der Waals surface area (Å²) in [6.45, 7) is 4.15. The first-order valence-electron chi connectivity index (χ1n) is 11.3. The predicted molar refractivity (Wildman–Crippen MR) is 134 cm³/mol. The zero-order chi connectivity index (χ0) is 24.0. The molecule has 0 bridgehead atoms. The van der Waals surface area contributed by atoms with Gasteiger partial charge in [-0.25, -0.2) is 14.6 Å². The van der Waals surface area contributed by atoms with E-state index < -0.39 is 0 Å². The molecule has 5 aromatic heterocycles. The molecule has 0 amide bonds. The van der Waals surface area contributed by atoms with Gasteiger partial charge in [0.1, 0.15) is 11.3 Å². The molecule has 0 aliphatic heterocycles. The number of rotatable bonds is 6. The van der Waals surface area contributed by atoms with Gasteiger partial charge in [-0.2, -0.15) is 5.10 Å². The molecule has 174 valence electrons. The summed E-state index contributed by atoms with van der Waals surface area (Å²) in [4.78, 5) is 21.0. The molecule has 5 rings (SSSR count). The third-order valence-electron chi connectivity index (χ3n) is 6.04. The minimum absolute atomic E-state index is 0.725. The highest BCUT2D eigenvalue weighted by molar-refractivity contribution is 5.88. The first-order valence-corrected chi connectivity index (χ1v) is 11.3. The number of aryl methyl sites for hydroxylation is 3. The van der Waals surface area contributed by atoms with E-state index in [0.29, 0.717) is 0 Å². The Balaban J connectivity index is 1.75. The topological polar surface area (TPSA) is 86.8 Å². The zero-order valence-electron chi connectivity index (χ0n) is 20.4. The van der Waals surface area contributed by atoms with Gasteiger partial charge in [-0.05, 0) is 25.5 Å². The summed E-state index contributed by atoms with van der Waals surface area (Å²) in [5.74, 6) is 2.37. The average Bonchev–Trinajstić information content (AvgIpc) is 3.41. The van der Waals surface area contributed by atoms with Crippen LogP contribution >= 0.6 is 0 Å². The van der Waals surface area contributed by atoms with E-state index in [1.165, 1.54) is 0 Å². The minimum atomic E-state index is 0.725. The summed E-state index contributed by atoms with van der Waals surface area (Å²) in [6, 6.07) is 5.92. The fraction of sp³-hybridized carbons (Fsp3) is 0.320. The lowest BCUT2D eigenvalue weighted by Gasteiger charge is -2.11. The highest BCUT2D eigenvalue weighted by Crippen LogP contribution is 2.32. The molecule has 0 aromatic carbocycles. The highest BCUT2D eigenvalue weighted by atomic mass is 16.5. The van der Waals surface area contributed by atoms with Crippen LogP contribution in [0.4, 0.5) is 5.95 Å². The number of anilines is 1. The molecule has 0 spiro atoms. The lowest BCUT2D eigenvalue weighted by Crippen LogP contribution is -2.13. The van der Waals surface area contributed by atoms with Crippen LogP contribution in [0.1, 0.15) is 24.7 Å². The van der Waals surface area contributed by atoms with Gasteiger partial charge in [-0.3, -0.25) is 9.97 Å². The van der Waals surface area contributed by atoms with Crippen LogP contribution in [0, 0.1) is 6.92 Å². The number of nitrogens with zero attached hydrogens (tertiary/aromatic N) is 8. The number of methoxy groups -OCH3 is 1. The summed E-state index contributed by atoms with van der Waals surface area (Å²) in [5, 5.41) is 5.69. The molecule has 0 aliphatic carbocycles. The third-order valence-corrected chi connectivity index (χ3v) is 6.04. The Hall–Kier alpha value is -4.01. The highest BCUT2D eigenvalue weighted by Gasteiger charge is 2.19. The SMILES string of the molecule is CCCc1nc(-n2ncc3c(C)nc(-c4cnccc4OC)cc32)cc2c1nc(N(C)C)n2C. The average molecular weight is 457 g/mol. The molecule has 9 heteroatoms. The Bertz CT molecular complexity index is 1510. The molecule has 0 radical (unpaired) electrons. The lowest BCUT2D eigenvalue weighted by molar-refractivity contribution is 0.416. The van der Waals surface area contributed by atoms with E-state index in [4.69, 9.17) is 24.8 Å². The molecule has 0 N–H and O–H groups in total. The van der Waals surface area contributed by atoms with Crippen molar-refractivity contribution in [2.24, 2.45) is 7.05 Å². The standard InChI is InChI=1S/C25H28N8O/c1-7-8-18-24-21(32(5)25(30-24)31(3)4)12-23(29-18)33-20-11-19(28-15(2)16(20)14-27-33)17-13-26-10-9-22(17)34-6/h9-14H,7-8H2,1-6H3. The number of fused-ring (bicyclic) bond motifs is 2. The molecule has 34 heavy (non-hydrogen) atoms. The molecule has 5 heterocycles. The number of aromatic nitrogens is 7. The summed E-state index contributed by atoms with van der Waals surface area (Å²) >= 11 is 0. The van der Waals surface area contributed by atoms with Gasteiger partial charge >= 0.3 is 0 Å². The van der Waals surface area contributed by atoms with Gasteiger partial charge in [0.05, 0.1) is 41.3 Å². The third kappa shape index (κ3) is 3.44. The van der Waals surface area contributed by atoms with Crippen molar-refractivity contribution in [1.82, 2.24) is 34.3 Å². The fourth-order valence-corrected chi connectivity index (χ4v) is 4.39. The van der Waals surface area contributed by atoms with Crippen molar-refractivity contribution in [2.45, 2.75) is 26.7 Å². The molecule has 0 unspecified atom stereocenters. The molecular weight excluding hydrogens is 428 g/mol. The van der Waals surface area contributed by atoms with Gasteiger partial charge in [-0.15, -0.1) is 0 Å². The Kier molecular flexibility index (Phi) is 5.39.